The molecule has 0 aromatic heterocycles. The standard InChI is InChI=1S/C13H17NO6S/c1-20-21(18,19)9-11(13(17)14-8-12(15)16)7-10-5-3-2-4-6-10/h2-6,11H,7-9H2,1H3,(H,14,17)(H,15,16). The smallest absolute Gasteiger partial charge is 0.322 e. The second kappa shape index (κ2) is 7.75. The predicted octanol–water partition coefficient (Wildman–Crippen LogP) is 0.0223. The molecule has 2 N–H and O–H groups in total. The molecule has 0 radical (unpaired) electrons. The van der Waals surface area contributed by atoms with Crippen LogP contribution in [0.2, 0.25) is 0 Å². The number of carbonyl (C=O) groups excluding carboxylic acids is 1. The van der Waals surface area contributed by atoms with Crippen LogP contribution in [-0.2, 0) is 30.3 Å². The summed E-state index contributed by atoms with van der Waals surface area (Å²) in [4.78, 5) is 22.4. The lowest BCUT2D eigenvalue weighted by atomic mass is 10.0. The Bertz CT molecular complexity index is 584. The van der Waals surface area contributed by atoms with Gasteiger partial charge in [-0.2, -0.15) is 8.42 Å². The van der Waals surface area contributed by atoms with Gasteiger partial charge >= 0.3 is 5.97 Å². The number of carbonyl (C=O) groups is 2. The Morgan fingerprint density at radius 2 is 1.90 bits per heavy atom. The number of aliphatic carboxylic acids is 1. The molecular formula is C13H17NO6S. The van der Waals surface area contributed by atoms with Gasteiger partial charge in [0.2, 0.25) is 5.91 Å². The number of carboxylic acids is 1. The minimum atomic E-state index is -3.83. The van der Waals surface area contributed by atoms with E-state index < -0.39 is 40.2 Å². The van der Waals surface area contributed by atoms with Crippen molar-refractivity contribution in [1.82, 2.24) is 5.32 Å². The molecule has 0 spiro atoms. The topological polar surface area (TPSA) is 110 Å². The maximum atomic E-state index is 12.0. The highest BCUT2D eigenvalue weighted by molar-refractivity contribution is 7.86. The van der Waals surface area contributed by atoms with E-state index in [0.717, 1.165) is 12.7 Å². The quantitative estimate of drug-likeness (QED) is 0.655. The van der Waals surface area contributed by atoms with Crippen molar-refractivity contribution >= 4 is 22.0 Å². The van der Waals surface area contributed by atoms with Crippen molar-refractivity contribution in [2.75, 3.05) is 19.4 Å². The van der Waals surface area contributed by atoms with Crippen LogP contribution in [0.1, 0.15) is 5.56 Å². The fourth-order valence-electron chi connectivity index (χ4n) is 1.75. The van der Waals surface area contributed by atoms with Crippen LogP contribution >= 0.6 is 0 Å². The first-order valence-electron chi connectivity index (χ1n) is 6.16. The summed E-state index contributed by atoms with van der Waals surface area (Å²) in [6, 6.07) is 8.86. The van der Waals surface area contributed by atoms with Gasteiger partial charge in [0, 0.05) is 0 Å². The van der Waals surface area contributed by atoms with E-state index in [1.54, 1.807) is 30.3 Å². The van der Waals surface area contributed by atoms with Gasteiger partial charge in [0.05, 0.1) is 18.8 Å². The molecule has 1 amide bonds. The largest absolute Gasteiger partial charge is 0.480 e. The van der Waals surface area contributed by atoms with E-state index in [4.69, 9.17) is 5.11 Å². The zero-order chi connectivity index (χ0) is 15.9. The van der Waals surface area contributed by atoms with E-state index in [1.807, 2.05) is 0 Å². The van der Waals surface area contributed by atoms with Crippen LogP contribution in [0.3, 0.4) is 0 Å². The van der Waals surface area contributed by atoms with Gasteiger partial charge in [0.1, 0.15) is 6.54 Å². The maximum Gasteiger partial charge on any atom is 0.322 e. The Balaban J connectivity index is 2.83. The van der Waals surface area contributed by atoms with Crippen LogP contribution < -0.4 is 5.32 Å². The highest BCUT2D eigenvalue weighted by Crippen LogP contribution is 2.12. The highest BCUT2D eigenvalue weighted by Gasteiger charge is 2.26. The molecule has 21 heavy (non-hydrogen) atoms. The van der Waals surface area contributed by atoms with E-state index in [-0.39, 0.29) is 6.42 Å². The summed E-state index contributed by atoms with van der Waals surface area (Å²) >= 11 is 0. The summed E-state index contributed by atoms with van der Waals surface area (Å²) in [7, 11) is -2.81. The van der Waals surface area contributed by atoms with Crippen LogP contribution in [0.15, 0.2) is 30.3 Å². The van der Waals surface area contributed by atoms with E-state index in [9.17, 15) is 18.0 Å². The van der Waals surface area contributed by atoms with E-state index in [0.29, 0.717) is 0 Å². The molecule has 1 unspecified atom stereocenters. The Morgan fingerprint density at radius 1 is 1.29 bits per heavy atom. The Hall–Kier alpha value is -1.93. The highest BCUT2D eigenvalue weighted by atomic mass is 32.2. The molecule has 0 fully saturated rings. The van der Waals surface area contributed by atoms with Crippen LogP contribution in [0, 0.1) is 5.92 Å². The molecule has 8 heteroatoms. The molecule has 0 aliphatic carbocycles. The average Bonchev–Trinajstić information content (AvgIpc) is 2.45. The minimum absolute atomic E-state index is 0.175. The van der Waals surface area contributed by atoms with Gasteiger partial charge in [-0.25, -0.2) is 0 Å². The Morgan fingerprint density at radius 3 is 2.43 bits per heavy atom. The first-order chi connectivity index (χ1) is 9.84. The number of benzene rings is 1. The fourth-order valence-corrected chi connectivity index (χ4v) is 2.65. The third-order valence-electron chi connectivity index (χ3n) is 2.77. The number of hydrogen-bond acceptors (Lipinski definition) is 5. The lowest BCUT2D eigenvalue weighted by Gasteiger charge is -2.15. The van der Waals surface area contributed by atoms with E-state index in [1.165, 1.54) is 0 Å². The van der Waals surface area contributed by atoms with Crippen molar-refractivity contribution in [1.29, 1.82) is 0 Å². The zero-order valence-electron chi connectivity index (χ0n) is 11.5. The number of nitrogens with one attached hydrogen (secondary N) is 1. The van der Waals surface area contributed by atoms with Crippen LogP contribution in [0.5, 0.6) is 0 Å². The summed E-state index contributed by atoms with van der Waals surface area (Å²) in [6.45, 7) is -0.558. The number of hydrogen-bond donors (Lipinski definition) is 2. The molecule has 0 saturated carbocycles. The van der Waals surface area contributed by atoms with Crippen LogP contribution in [0.4, 0.5) is 0 Å². The lowest BCUT2D eigenvalue weighted by molar-refractivity contribution is -0.138. The molecule has 1 aromatic rings. The molecule has 1 aromatic carbocycles. The SMILES string of the molecule is COS(=O)(=O)CC(Cc1ccccc1)C(=O)NCC(=O)O. The summed E-state index contributed by atoms with van der Waals surface area (Å²) in [6.07, 6.45) is 0.175. The van der Waals surface area contributed by atoms with Gasteiger partial charge in [-0.3, -0.25) is 13.8 Å². The van der Waals surface area contributed by atoms with Gasteiger partial charge in [0.15, 0.2) is 0 Å². The molecule has 1 atom stereocenters. The van der Waals surface area contributed by atoms with Crippen molar-refractivity contribution in [2.24, 2.45) is 5.92 Å². The molecule has 0 bridgehead atoms. The third kappa shape index (κ3) is 6.37. The maximum absolute atomic E-state index is 12.0. The van der Waals surface area contributed by atoms with Crippen molar-refractivity contribution in [3.8, 4) is 0 Å². The van der Waals surface area contributed by atoms with Crippen molar-refractivity contribution in [3.63, 3.8) is 0 Å². The van der Waals surface area contributed by atoms with Crippen LogP contribution in [-0.4, -0.2) is 44.8 Å². The monoisotopic (exact) mass is 315 g/mol. The predicted molar refractivity (Wildman–Crippen MR) is 75.1 cm³/mol. The van der Waals surface area contributed by atoms with Gasteiger partial charge in [0.25, 0.3) is 10.1 Å². The van der Waals surface area contributed by atoms with E-state index in [2.05, 4.69) is 9.50 Å². The molecule has 116 valence electrons. The molecule has 0 aliphatic heterocycles. The first kappa shape index (κ1) is 17.1. The van der Waals surface area contributed by atoms with Crippen molar-refractivity contribution in [2.45, 2.75) is 6.42 Å². The molecule has 1 rings (SSSR count). The normalized spacial score (nSPS) is 12.6. The molecule has 0 saturated heterocycles. The van der Waals surface area contributed by atoms with Gasteiger partial charge < -0.3 is 10.4 Å². The minimum Gasteiger partial charge on any atom is -0.480 e. The third-order valence-corrected chi connectivity index (χ3v) is 4.09. The molecule has 0 aliphatic rings. The number of amides is 1. The summed E-state index contributed by atoms with van der Waals surface area (Å²) in [5.74, 6) is -3.26. The fraction of sp³-hybridized carbons (Fsp3) is 0.385. The second-order valence-electron chi connectivity index (χ2n) is 4.39. The Labute approximate surface area is 123 Å². The lowest BCUT2D eigenvalue weighted by Crippen LogP contribution is -2.38. The van der Waals surface area contributed by atoms with Gasteiger partial charge in [-0.05, 0) is 12.0 Å². The second-order valence-corrected chi connectivity index (χ2v) is 6.17. The molecular weight excluding hydrogens is 298 g/mol. The average molecular weight is 315 g/mol. The van der Waals surface area contributed by atoms with Crippen LogP contribution in [0.25, 0.3) is 0 Å². The summed E-state index contributed by atoms with van der Waals surface area (Å²) in [5.41, 5.74) is 0.777. The number of rotatable bonds is 8. The molecule has 0 heterocycles. The van der Waals surface area contributed by atoms with E-state index >= 15 is 0 Å². The Kier molecular flexibility index (Phi) is 6.32. The first-order valence-corrected chi connectivity index (χ1v) is 7.73. The van der Waals surface area contributed by atoms with Gasteiger partial charge in [-0.15, -0.1) is 0 Å². The van der Waals surface area contributed by atoms with Crippen molar-refractivity contribution in [3.05, 3.63) is 35.9 Å². The van der Waals surface area contributed by atoms with Crippen molar-refractivity contribution < 1.29 is 27.3 Å². The summed E-state index contributed by atoms with van der Waals surface area (Å²) in [5, 5.41) is 10.7. The summed E-state index contributed by atoms with van der Waals surface area (Å²) < 4.78 is 27.4. The zero-order valence-corrected chi connectivity index (χ0v) is 12.3. The number of carboxylic acid groups (broad SMARTS) is 1. The van der Waals surface area contributed by atoms with Gasteiger partial charge in [-0.1, -0.05) is 30.3 Å². The molecule has 7 nitrogen and oxygen atoms in total.